The second kappa shape index (κ2) is 6.71. The van der Waals surface area contributed by atoms with Crippen LogP contribution >= 0.6 is 0 Å². The Morgan fingerprint density at radius 3 is 2.92 bits per heavy atom. The van der Waals surface area contributed by atoms with Crippen LogP contribution in [0.3, 0.4) is 0 Å². The average molecular weight is 327 g/mol. The van der Waals surface area contributed by atoms with E-state index in [1.54, 1.807) is 0 Å². The second-order valence-corrected chi connectivity index (χ2v) is 7.68. The summed E-state index contributed by atoms with van der Waals surface area (Å²) in [5, 5.41) is 0. The molecule has 2 fully saturated rings. The molecule has 0 bridgehead atoms. The Bertz CT molecular complexity index is 669. The molecule has 2 aliphatic heterocycles. The zero-order valence-corrected chi connectivity index (χ0v) is 14.9. The van der Waals surface area contributed by atoms with Gasteiger partial charge in [0.25, 0.3) is 0 Å². The van der Waals surface area contributed by atoms with E-state index < -0.39 is 0 Å². The van der Waals surface area contributed by atoms with Crippen molar-refractivity contribution in [2.24, 2.45) is 5.92 Å². The molecular weight excluding hydrogens is 298 g/mol. The van der Waals surface area contributed by atoms with Crippen LogP contribution in [0.5, 0.6) is 0 Å². The minimum atomic E-state index is 0.399. The predicted molar refractivity (Wildman–Crippen MR) is 95.8 cm³/mol. The van der Waals surface area contributed by atoms with E-state index in [4.69, 9.17) is 0 Å². The first-order valence-electron chi connectivity index (χ1n) is 9.51. The zero-order valence-electron chi connectivity index (χ0n) is 14.9. The van der Waals surface area contributed by atoms with E-state index in [-0.39, 0.29) is 0 Å². The van der Waals surface area contributed by atoms with Gasteiger partial charge in [0.05, 0.1) is 12.5 Å². The van der Waals surface area contributed by atoms with Crippen molar-refractivity contribution in [1.29, 1.82) is 0 Å². The van der Waals surface area contributed by atoms with Crippen LogP contribution in [-0.4, -0.2) is 43.1 Å². The van der Waals surface area contributed by atoms with Gasteiger partial charge < -0.3 is 14.0 Å². The molecule has 2 atom stereocenters. The highest BCUT2D eigenvalue weighted by molar-refractivity contribution is 5.49. The third-order valence-corrected chi connectivity index (χ3v) is 5.83. The summed E-state index contributed by atoms with van der Waals surface area (Å²) in [5.41, 5.74) is 1.13. The number of nitrogens with zero attached hydrogens (tertiary/aromatic N) is 5. The van der Waals surface area contributed by atoms with Crippen LogP contribution in [0.2, 0.25) is 0 Å². The van der Waals surface area contributed by atoms with Crippen molar-refractivity contribution in [3.8, 4) is 11.5 Å². The summed E-state index contributed by atoms with van der Waals surface area (Å²) >= 11 is 0. The summed E-state index contributed by atoms with van der Waals surface area (Å²) in [4.78, 5) is 11.8. The van der Waals surface area contributed by atoms with Gasteiger partial charge in [-0.3, -0.25) is 0 Å². The fourth-order valence-corrected chi connectivity index (χ4v) is 4.62. The van der Waals surface area contributed by atoms with Crippen molar-refractivity contribution in [1.82, 2.24) is 24.0 Å². The Kier molecular flexibility index (Phi) is 4.44. The molecule has 0 radical (unpaired) electrons. The fraction of sp³-hybridized carbons (Fsp3) is 0.684. The molecule has 5 heteroatoms. The number of rotatable bonds is 4. The minimum absolute atomic E-state index is 0.399. The van der Waals surface area contributed by atoms with E-state index in [1.165, 1.54) is 45.2 Å². The van der Waals surface area contributed by atoms with Crippen LogP contribution in [0.4, 0.5) is 0 Å². The Balaban J connectivity index is 1.57. The molecule has 0 unspecified atom stereocenters. The van der Waals surface area contributed by atoms with E-state index >= 15 is 0 Å². The largest absolute Gasteiger partial charge is 0.329 e. The highest BCUT2D eigenvalue weighted by atomic mass is 15.2. The maximum atomic E-state index is 4.66. The van der Waals surface area contributed by atoms with Crippen molar-refractivity contribution < 1.29 is 0 Å². The zero-order chi connectivity index (χ0) is 16.5. The van der Waals surface area contributed by atoms with E-state index in [2.05, 4.69) is 44.0 Å². The average Bonchev–Trinajstić information content (AvgIpc) is 3.23. The third kappa shape index (κ3) is 2.90. The van der Waals surface area contributed by atoms with Gasteiger partial charge in [-0.25, -0.2) is 9.97 Å². The second-order valence-electron chi connectivity index (χ2n) is 7.68. The Morgan fingerprint density at radius 1 is 1.17 bits per heavy atom. The molecule has 4 heterocycles. The number of hydrogen-bond donors (Lipinski definition) is 0. The van der Waals surface area contributed by atoms with Crippen molar-refractivity contribution in [2.45, 2.75) is 64.6 Å². The Labute approximate surface area is 144 Å². The predicted octanol–water partition coefficient (Wildman–Crippen LogP) is 3.59. The van der Waals surface area contributed by atoms with Crippen molar-refractivity contribution >= 4 is 0 Å². The van der Waals surface area contributed by atoms with Gasteiger partial charge in [-0.15, -0.1) is 0 Å². The summed E-state index contributed by atoms with van der Waals surface area (Å²) in [6, 6.07) is 1.17. The lowest BCUT2D eigenvalue weighted by molar-refractivity contribution is 0.0521. The number of piperidine rings is 2. The normalized spacial score (nSPS) is 25.1. The Hall–Kier alpha value is -1.62. The highest BCUT2D eigenvalue weighted by Gasteiger charge is 2.33. The number of imidazole rings is 2. The molecular formula is C19H29N5. The van der Waals surface area contributed by atoms with Crippen LogP contribution in [0.15, 0.2) is 24.9 Å². The standard InChI is InChI=1S/C19H29N5/c1-15(2)24-14-20-12-18(24)19-21-8-11-23(19)13-16-6-5-10-22-9-4-3-7-17(16)22/h8,11-12,14-17H,3-7,9-10,13H2,1-2H3/t16-,17+/m0/s1. The molecule has 0 N–H and O–H groups in total. The summed E-state index contributed by atoms with van der Waals surface area (Å²) in [6.45, 7) is 8.08. The van der Waals surface area contributed by atoms with Crippen LogP contribution in [0.1, 0.15) is 52.0 Å². The monoisotopic (exact) mass is 327 g/mol. The van der Waals surface area contributed by atoms with Gasteiger partial charge in [-0.2, -0.15) is 0 Å². The van der Waals surface area contributed by atoms with Crippen molar-refractivity contribution in [3.05, 3.63) is 24.9 Å². The fourth-order valence-electron chi connectivity index (χ4n) is 4.62. The lowest BCUT2D eigenvalue weighted by atomic mass is 9.83. The first-order chi connectivity index (χ1) is 11.7. The van der Waals surface area contributed by atoms with Gasteiger partial charge in [0.2, 0.25) is 0 Å². The van der Waals surface area contributed by atoms with Gasteiger partial charge in [-0.05, 0) is 58.5 Å². The molecule has 24 heavy (non-hydrogen) atoms. The Morgan fingerprint density at radius 2 is 2.04 bits per heavy atom. The lowest BCUT2D eigenvalue weighted by Gasteiger charge is -2.44. The molecule has 2 aliphatic rings. The van der Waals surface area contributed by atoms with Gasteiger partial charge in [-0.1, -0.05) is 6.42 Å². The van der Waals surface area contributed by atoms with Crippen LogP contribution in [0.25, 0.3) is 11.5 Å². The maximum absolute atomic E-state index is 4.66. The molecule has 2 saturated heterocycles. The minimum Gasteiger partial charge on any atom is -0.329 e. The molecule has 0 aliphatic carbocycles. The highest BCUT2D eigenvalue weighted by Crippen LogP contribution is 2.33. The summed E-state index contributed by atoms with van der Waals surface area (Å²) in [7, 11) is 0. The van der Waals surface area contributed by atoms with Crippen molar-refractivity contribution in [2.75, 3.05) is 13.1 Å². The molecule has 4 rings (SSSR count). The van der Waals surface area contributed by atoms with Gasteiger partial charge in [0.1, 0.15) is 5.69 Å². The van der Waals surface area contributed by atoms with Gasteiger partial charge in [0, 0.05) is 31.0 Å². The molecule has 2 aromatic heterocycles. The number of aromatic nitrogens is 4. The van der Waals surface area contributed by atoms with E-state index in [0.29, 0.717) is 6.04 Å². The van der Waals surface area contributed by atoms with Crippen LogP contribution in [0, 0.1) is 5.92 Å². The topological polar surface area (TPSA) is 38.9 Å². The molecule has 0 spiro atoms. The quantitative estimate of drug-likeness (QED) is 0.861. The molecule has 130 valence electrons. The smallest absolute Gasteiger partial charge is 0.158 e. The molecule has 2 aromatic rings. The molecule has 5 nitrogen and oxygen atoms in total. The van der Waals surface area contributed by atoms with Gasteiger partial charge in [0.15, 0.2) is 5.82 Å². The first-order valence-corrected chi connectivity index (χ1v) is 9.51. The van der Waals surface area contributed by atoms with Gasteiger partial charge >= 0.3 is 0 Å². The summed E-state index contributed by atoms with van der Waals surface area (Å²) in [5.74, 6) is 1.82. The maximum Gasteiger partial charge on any atom is 0.158 e. The molecule has 0 saturated carbocycles. The van der Waals surface area contributed by atoms with E-state index in [0.717, 1.165) is 30.0 Å². The summed E-state index contributed by atoms with van der Waals surface area (Å²) in [6.07, 6.45) is 14.8. The lowest BCUT2D eigenvalue weighted by Crippen LogP contribution is -2.49. The molecule has 0 aromatic carbocycles. The number of fused-ring (bicyclic) bond motifs is 1. The number of hydrogen-bond acceptors (Lipinski definition) is 3. The summed E-state index contributed by atoms with van der Waals surface area (Å²) < 4.78 is 4.57. The third-order valence-electron chi connectivity index (χ3n) is 5.83. The molecule has 0 amide bonds. The van der Waals surface area contributed by atoms with Crippen molar-refractivity contribution in [3.63, 3.8) is 0 Å². The first kappa shape index (κ1) is 15.9. The van der Waals surface area contributed by atoms with E-state index in [9.17, 15) is 0 Å². The SMILES string of the molecule is CC(C)n1cncc1-c1nccn1C[C@@H]1CCCN2CCCC[C@H]12. The van der Waals surface area contributed by atoms with Crippen LogP contribution < -0.4 is 0 Å². The van der Waals surface area contributed by atoms with E-state index in [1.807, 2.05) is 18.7 Å². The van der Waals surface area contributed by atoms with Crippen LogP contribution in [-0.2, 0) is 6.54 Å².